The minimum atomic E-state index is -0.170. The van der Waals surface area contributed by atoms with Gasteiger partial charge in [-0.05, 0) is 61.4 Å². The van der Waals surface area contributed by atoms with Gasteiger partial charge in [-0.25, -0.2) is 4.98 Å². The van der Waals surface area contributed by atoms with Gasteiger partial charge in [0, 0.05) is 43.9 Å². The molecule has 37 heavy (non-hydrogen) atoms. The molecule has 1 aromatic heterocycles. The van der Waals surface area contributed by atoms with Crippen molar-refractivity contribution >= 4 is 17.6 Å². The number of methoxy groups -OCH3 is 2. The Kier molecular flexibility index (Phi) is 8.61. The molecule has 4 rings (SSSR count). The fraction of sp³-hybridized carbons (Fsp3) is 0.345. The van der Waals surface area contributed by atoms with Gasteiger partial charge in [0.1, 0.15) is 5.69 Å². The van der Waals surface area contributed by atoms with E-state index in [1.807, 2.05) is 42.2 Å². The molecule has 194 valence electrons. The van der Waals surface area contributed by atoms with Gasteiger partial charge in [-0.2, -0.15) is 0 Å². The summed E-state index contributed by atoms with van der Waals surface area (Å²) in [6, 6.07) is 19.3. The van der Waals surface area contributed by atoms with Crippen LogP contribution in [0.15, 0.2) is 60.7 Å². The number of aromatic nitrogens is 1. The molecule has 1 fully saturated rings. The van der Waals surface area contributed by atoms with Crippen molar-refractivity contribution in [3.63, 3.8) is 0 Å². The second-order valence-electron chi connectivity index (χ2n) is 8.73. The number of benzene rings is 2. The van der Waals surface area contributed by atoms with Crippen LogP contribution in [0.2, 0.25) is 0 Å². The highest BCUT2D eigenvalue weighted by Crippen LogP contribution is 2.31. The van der Waals surface area contributed by atoms with Gasteiger partial charge in [0.2, 0.25) is 0 Å². The van der Waals surface area contributed by atoms with Crippen molar-refractivity contribution in [3.05, 3.63) is 71.9 Å². The maximum atomic E-state index is 13.2. The van der Waals surface area contributed by atoms with Gasteiger partial charge in [0.15, 0.2) is 11.5 Å². The van der Waals surface area contributed by atoms with Gasteiger partial charge >= 0.3 is 5.97 Å². The SMILES string of the molecule is CCOC(=O)CCc1ccc(N2CCN(C(=O)c3cccc(-c4ccc(OC)c(OC)c4)n3)CC2)cc1. The molecule has 0 spiro atoms. The second-order valence-corrected chi connectivity index (χ2v) is 8.73. The topological polar surface area (TPSA) is 81.2 Å². The molecule has 1 amide bonds. The fourth-order valence-electron chi connectivity index (χ4n) is 4.39. The van der Waals surface area contributed by atoms with E-state index >= 15 is 0 Å². The summed E-state index contributed by atoms with van der Waals surface area (Å²) in [5.74, 6) is 1.01. The molecular formula is C29H33N3O5. The minimum Gasteiger partial charge on any atom is -0.493 e. The zero-order valence-electron chi connectivity index (χ0n) is 21.6. The Morgan fingerprint density at radius 3 is 2.30 bits per heavy atom. The molecule has 1 aliphatic rings. The Labute approximate surface area is 217 Å². The predicted molar refractivity (Wildman–Crippen MR) is 142 cm³/mol. The lowest BCUT2D eigenvalue weighted by Crippen LogP contribution is -2.49. The number of aryl methyl sites for hydroxylation is 1. The molecule has 0 N–H and O–H groups in total. The van der Waals surface area contributed by atoms with Crippen LogP contribution in [0.1, 0.15) is 29.4 Å². The Hall–Kier alpha value is -4.07. The third-order valence-corrected chi connectivity index (χ3v) is 6.44. The first-order chi connectivity index (χ1) is 18.0. The Balaban J connectivity index is 1.36. The van der Waals surface area contributed by atoms with E-state index in [-0.39, 0.29) is 11.9 Å². The molecule has 0 saturated carbocycles. The average molecular weight is 504 g/mol. The van der Waals surface area contributed by atoms with Crippen molar-refractivity contribution in [2.45, 2.75) is 19.8 Å². The number of carbonyl (C=O) groups is 2. The number of amides is 1. The largest absolute Gasteiger partial charge is 0.493 e. The molecule has 8 heteroatoms. The van der Waals surface area contributed by atoms with Gasteiger partial charge < -0.3 is 24.0 Å². The number of esters is 1. The maximum Gasteiger partial charge on any atom is 0.306 e. The van der Waals surface area contributed by atoms with Crippen LogP contribution in [-0.4, -0.2) is 68.8 Å². The number of rotatable bonds is 9. The van der Waals surface area contributed by atoms with E-state index in [1.54, 1.807) is 20.3 Å². The van der Waals surface area contributed by atoms with E-state index in [0.29, 0.717) is 55.4 Å². The van der Waals surface area contributed by atoms with E-state index in [2.05, 4.69) is 34.1 Å². The molecule has 2 aromatic carbocycles. The predicted octanol–water partition coefficient (Wildman–Crippen LogP) is 4.22. The summed E-state index contributed by atoms with van der Waals surface area (Å²) >= 11 is 0. The van der Waals surface area contributed by atoms with Crippen LogP contribution < -0.4 is 14.4 Å². The minimum absolute atomic E-state index is 0.0729. The molecule has 1 aliphatic heterocycles. The number of pyridine rings is 1. The van der Waals surface area contributed by atoms with E-state index < -0.39 is 0 Å². The molecular weight excluding hydrogens is 470 g/mol. The normalized spacial score (nSPS) is 13.3. The van der Waals surface area contributed by atoms with Crippen molar-refractivity contribution < 1.29 is 23.8 Å². The maximum absolute atomic E-state index is 13.2. The summed E-state index contributed by atoms with van der Waals surface area (Å²) < 4.78 is 15.7. The number of nitrogens with zero attached hydrogens (tertiary/aromatic N) is 3. The number of ether oxygens (including phenoxy) is 3. The van der Waals surface area contributed by atoms with E-state index in [4.69, 9.17) is 14.2 Å². The molecule has 8 nitrogen and oxygen atoms in total. The lowest BCUT2D eigenvalue weighted by molar-refractivity contribution is -0.143. The summed E-state index contributed by atoms with van der Waals surface area (Å²) in [6.07, 6.45) is 1.05. The summed E-state index contributed by atoms with van der Waals surface area (Å²) in [7, 11) is 3.19. The van der Waals surface area contributed by atoms with Gasteiger partial charge in [0.25, 0.3) is 5.91 Å². The van der Waals surface area contributed by atoms with Crippen LogP contribution in [0.3, 0.4) is 0 Å². The van der Waals surface area contributed by atoms with Crippen molar-refractivity contribution in [3.8, 4) is 22.8 Å². The van der Waals surface area contributed by atoms with Crippen LogP contribution in [0, 0.1) is 0 Å². The Morgan fingerprint density at radius 2 is 1.62 bits per heavy atom. The van der Waals surface area contributed by atoms with E-state index in [9.17, 15) is 9.59 Å². The highest BCUT2D eigenvalue weighted by Gasteiger charge is 2.23. The smallest absolute Gasteiger partial charge is 0.306 e. The number of hydrogen-bond acceptors (Lipinski definition) is 7. The molecule has 0 atom stereocenters. The summed E-state index contributed by atoms with van der Waals surface area (Å²) in [6.45, 7) is 4.93. The second kappa shape index (κ2) is 12.3. The molecule has 3 aromatic rings. The third-order valence-electron chi connectivity index (χ3n) is 6.44. The van der Waals surface area contributed by atoms with Crippen LogP contribution in [-0.2, 0) is 16.0 Å². The van der Waals surface area contributed by atoms with Crippen LogP contribution in [0.5, 0.6) is 11.5 Å². The standard InChI is InChI=1S/C29H33N3O5/c1-4-37-28(33)15-10-21-8-12-23(13-9-21)31-16-18-32(19-17-31)29(34)25-7-5-6-24(30-25)22-11-14-26(35-2)27(20-22)36-3/h5-9,11-14,20H,4,10,15-19H2,1-3H3. The van der Waals surface area contributed by atoms with Crippen molar-refractivity contribution in [1.82, 2.24) is 9.88 Å². The van der Waals surface area contributed by atoms with Gasteiger partial charge in [-0.1, -0.05) is 18.2 Å². The molecule has 2 heterocycles. The number of carbonyl (C=O) groups excluding carboxylic acids is 2. The third kappa shape index (κ3) is 6.39. The Bertz CT molecular complexity index is 1220. The highest BCUT2D eigenvalue weighted by molar-refractivity contribution is 5.93. The van der Waals surface area contributed by atoms with E-state index in [1.165, 1.54) is 0 Å². The van der Waals surface area contributed by atoms with Gasteiger partial charge in [0.05, 0.1) is 26.5 Å². The zero-order chi connectivity index (χ0) is 26.2. The van der Waals surface area contributed by atoms with Crippen molar-refractivity contribution in [2.75, 3.05) is 51.9 Å². The summed E-state index contributed by atoms with van der Waals surface area (Å²) in [4.78, 5) is 33.6. The lowest BCUT2D eigenvalue weighted by Gasteiger charge is -2.36. The first-order valence-electron chi connectivity index (χ1n) is 12.5. The van der Waals surface area contributed by atoms with Crippen molar-refractivity contribution in [1.29, 1.82) is 0 Å². The summed E-state index contributed by atoms with van der Waals surface area (Å²) in [5.41, 5.74) is 4.19. The quantitative estimate of drug-likeness (QED) is 0.405. The summed E-state index contributed by atoms with van der Waals surface area (Å²) in [5, 5.41) is 0. The first-order valence-corrected chi connectivity index (χ1v) is 12.5. The van der Waals surface area contributed by atoms with Crippen LogP contribution >= 0.6 is 0 Å². The highest BCUT2D eigenvalue weighted by atomic mass is 16.5. The van der Waals surface area contributed by atoms with E-state index in [0.717, 1.165) is 29.9 Å². The number of anilines is 1. The molecule has 1 saturated heterocycles. The first kappa shape index (κ1) is 26.0. The zero-order valence-corrected chi connectivity index (χ0v) is 21.6. The number of piperazine rings is 1. The van der Waals surface area contributed by atoms with Crippen molar-refractivity contribution in [2.24, 2.45) is 0 Å². The van der Waals surface area contributed by atoms with Crippen LogP contribution in [0.25, 0.3) is 11.3 Å². The lowest BCUT2D eigenvalue weighted by atomic mass is 10.1. The molecule has 0 aliphatic carbocycles. The average Bonchev–Trinajstić information content (AvgIpc) is 2.96. The van der Waals surface area contributed by atoms with Gasteiger partial charge in [-0.15, -0.1) is 0 Å². The fourth-order valence-corrected chi connectivity index (χ4v) is 4.39. The molecule has 0 unspecified atom stereocenters. The monoisotopic (exact) mass is 503 g/mol. The molecule has 0 radical (unpaired) electrons. The Morgan fingerprint density at radius 1 is 0.892 bits per heavy atom. The van der Waals surface area contributed by atoms with Gasteiger partial charge in [-0.3, -0.25) is 9.59 Å². The van der Waals surface area contributed by atoms with Crippen LogP contribution in [0.4, 0.5) is 5.69 Å². The number of hydrogen-bond donors (Lipinski definition) is 0. The molecule has 0 bridgehead atoms.